The van der Waals surface area contributed by atoms with E-state index >= 15 is 0 Å². The highest BCUT2D eigenvalue weighted by Crippen LogP contribution is 2.55. The van der Waals surface area contributed by atoms with Gasteiger partial charge in [-0.1, -0.05) is 40.7 Å². The zero-order valence-corrected chi connectivity index (χ0v) is 27.8. The van der Waals surface area contributed by atoms with E-state index in [0.29, 0.717) is 0 Å². The molecule has 0 amide bonds. The molecule has 0 fully saturated rings. The van der Waals surface area contributed by atoms with Crippen molar-refractivity contribution in [2.45, 2.75) is 142 Å². The van der Waals surface area contributed by atoms with E-state index in [1.807, 2.05) is 0 Å². The molecule has 7 heteroatoms. The zero-order valence-electron chi connectivity index (χ0n) is 23.6. The highest BCUT2D eigenvalue weighted by Gasteiger charge is 2.58. The van der Waals surface area contributed by atoms with Crippen LogP contribution in [0.25, 0.3) is 0 Å². The summed E-state index contributed by atoms with van der Waals surface area (Å²) >= 11 is 0. The molecule has 0 saturated carbocycles. The largest absolute Gasteiger partial charge is 0.457 e. The molecule has 2 unspecified atom stereocenters. The predicted molar refractivity (Wildman–Crippen MR) is 150 cm³/mol. The summed E-state index contributed by atoms with van der Waals surface area (Å²) in [5, 5.41) is -0.272. The van der Waals surface area contributed by atoms with E-state index in [-0.39, 0.29) is 15.9 Å². The summed E-state index contributed by atoms with van der Waals surface area (Å²) in [6.45, 7) is 36.9. The summed E-state index contributed by atoms with van der Waals surface area (Å²) in [4.78, 5) is 0. The molecule has 0 radical (unpaired) electrons. The van der Waals surface area contributed by atoms with Gasteiger partial charge in [0.1, 0.15) is 0 Å². The molecular formula is C24H56O3Si4. The van der Waals surface area contributed by atoms with Crippen molar-refractivity contribution in [1.82, 2.24) is 0 Å². The fraction of sp³-hybridized carbons (Fsp3) is 0.917. The van der Waals surface area contributed by atoms with Crippen LogP contribution >= 0.6 is 0 Å². The van der Waals surface area contributed by atoms with Gasteiger partial charge < -0.3 is 13.0 Å². The zero-order chi connectivity index (χ0) is 24.9. The van der Waals surface area contributed by atoms with Crippen molar-refractivity contribution in [2.24, 2.45) is 0 Å². The average Bonchev–Trinajstić information content (AvgIpc) is 2.63. The van der Waals surface area contributed by atoms with Crippen molar-refractivity contribution < 1.29 is 13.0 Å². The molecule has 0 saturated heterocycles. The number of hydrogen-bond acceptors (Lipinski definition) is 3. The highest BCUT2D eigenvalue weighted by atomic mass is 28.4. The first kappa shape index (κ1) is 31.5. The quantitative estimate of drug-likeness (QED) is 0.166. The lowest BCUT2D eigenvalue weighted by Crippen LogP contribution is -2.66. The van der Waals surface area contributed by atoms with Gasteiger partial charge in [0.15, 0.2) is 25.7 Å². The molecule has 0 N–H and O–H groups in total. The van der Waals surface area contributed by atoms with Crippen molar-refractivity contribution in [2.75, 3.05) is 0 Å². The minimum Gasteiger partial charge on any atom is -0.457 e. The second-order valence-corrected chi connectivity index (χ2v) is 27.7. The van der Waals surface area contributed by atoms with Crippen LogP contribution in [0.3, 0.4) is 0 Å². The Morgan fingerprint density at radius 1 is 0.710 bits per heavy atom. The summed E-state index contributed by atoms with van der Waals surface area (Å²) in [7, 11) is -7.30. The number of rotatable bonds is 15. The molecule has 0 aromatic carbocycles. The van der Waals surface area contributed by atoms with Crippen LogP contribution in [-0.4, -0.2) is 44.8 Å². The van der Waals surface area contributed by atoms with Crippen molar-refractivity contribution in [3.05, 3.63) is 12.7 Å². The van der Waals surface area contributed by atoms with Gasteiger partial charge in [-0.3, -0.25) is 0 Å². The molecule has 0 bridgehead atoms. The Balaban J connectivity index is 6.64. The third kappa shape index (κ3) is 6.99. The van der Waals surface area contributed by atoms with Gasteiger partial charge >= 0.3 is 0 Å². The third-order valence-corrected chi connectivity index (χ3v) is 19.4. The van der Waals surface area contributed by atoms with E-state index in [1.54, 1.807) is 0 Å². The minimum atomic E-state index is -2.27. The van der Waals surface area contributed by atoms with Crippen LogP contribution in [0.15, 0.2) is 12.7 Å². The lowest BCUT2D eigenvalue weighted by Gasteiger charge is -2.58. The maximum atomic E-state index is 7.54. The molecule has 0 aliphatic rings. The van der Waals surface area contributed by atoms with Gasteiger partial charge in [0.25, 0.3) is 0 Å². The summed E-state index contributed by atoms with van der Waals surface area (Å²) < 4.78 is 21.4. The van der Waals surface area contributed by atoms with Crippen molar-refractivity contribution >= 4 is 34.0 Å². The topological polar surface area (TPSA) is 27.7 Å². The summed E-state index contributed by atoms with van der Waals surface area (Å²) in [5.41, 5.74) is -0.261. The van der Waals surface area contributed by atoms with E-state index in [2.05, 4.69) is 106 Å². The second kappa shape index (κ2) is 11.3. The minimum absolute atomic E-state index is 0.104. The lowest BCUT2D eigenvalue weighted by atomic mass is 9.80. The van der Waals surface area contributed by atoms with Gasteiger partial charge in [-0.05, 0) is 91.0 Å². The summed E-state index contributed by atoms with van der Waals surface area (Å²) in [6, 6.07) is 0. The molecule has 186 valence electrons. The van der Waals surface area contributed by atoms with Gasteiger partial charge in [-0.2, -0.15) is 0 Å². The Morgan fingerprint density at radius 2 is 1.16 bits per heavy atom. The Kier molecular flexibility index (Phi) is 11.5. The van der Waals surface area contributed by atoms with Crippen LogP contribution in [0.4, 0.5) is 0 Å². The highest BCUT2D eigenvalue weighted by molar-refractivity contribution is 6.78. The maximum absolute atomic E-state index is 7.54. The molecule has 31 heavy (non-hydrogen) atoms. The Morgan fingerprint density at radius 3 is 1.42 bits per heavy atom. The SMILES string of the molecule is C=CC(CC)([SiH](C)O[Si](C)(C)C)C(CC)(CC)O[Si](C)(C)C(CC)(CC)O[Si](C)(C)C. The first-order chi connectivity index (χ1) is 13.9. The van der Waals surface area contributed by atoms with Crippen LogP contribution in [0.2, 0.25) is 64.0 Å². The first-order valence-electron chi connectivity index (χ1n) is 12.6. The van der Waals surface area contributed by atoms with E-state index in [0.717, 1.165) is 32.1 Å². The van der Waals surface area contributed by atoms with Crippen LogP contribution in [0, 0.1) is 0 Å². The smallest absolute Gasteiger partial charge is 0.217 e. The monoisotopic (exact) mass is 504 g/mol. The molecule has 2 atom stereocenters. The molecule has 0 heterocycles. The van der Waals surface area contributed by atoms with Gasteiger partial charge in [0, 0.05) is 5.04 Å². The third-order valence-electron chi connectivity index (χ3n) is 7.39. The fourth-order valence-electron chi connectivity index (χ4n) is 5.80. The normalized spacial score (nSPS) is 17.4. The van der Waals surface area contributed by atoms with Crippen LogP contribution in [-0.2, 0) is 13.0 Å². The second-order valence-electron chi connectivity index (χ2n) is 11.7. The standard InChI is InChI=1S/C24H56O3Si4/c1-16-22(17-2,23(18-3,19-4)28(7)27-30(11,12)13)25-31(14,15)24(20-5,21-6)26-29(8,9)10/h18,28H,3,16-17,19-21H2,1-2,4-15H3. The van der Waals surface area contributed by atoms with Gasteiger partial charge in [0.05, 0.1) is 10.8 Å². The van der Waals surface area contributed by atoms with Crippen LogP contribution in [0.5, 0.6) is 0 Å². The molecule has 0 aliphatic heterocycles. The molecule has 0 aromatic rings. The lowest BCUT2D eigenvalue weighted by molar-refractivity contribution is -0.0150. The van der Waals surface area contributed by atoms with E-state index in [1.165, 1.54) is 0 Å². The summed E-state index contributed by atoms with van der Waals surface area (Å²) in [5.74, 6) is 0. The fourth-order valence-corrected chi connectivity index (χ4v) is 19.8. The molecule has 0 rings (SSSR count). The van der Waals surface area contributed by atoms with Gasteiger partial charge in [-0.15, -0.1) is 6.58 Å². The van der Waals surface area contributed by atoms with Crippen LogP contribution in [0.1, 0.15) is 66.7 Å². The Labute approximate surface area is 200 Å². The Bertz CT molecular complexity index is 558. The van der Waals surface area contributed by atoms with E-state index in [4.69, 9.17) is 13.0 Å². The van der Waals surface area contributed by atoms with Crippen molar-refractivity contribution in [3.63, 3.8) is 0 Å². The first-order valence-corrected chi connectivity index (χ1v) is 24.6. The van der Waals surface area contributed by atoms with E-state index < -0.39 is 34.0 Å². The van der Waals surface area contributed by atoms with Crippen LogP contribution < -0.4 is 0 Å². The predicted octanol–water partition coefficient (Wildman–Crippen LogP) is 8.26. The maximum Gasteiger partial charge on any atom is 0.217 e. The van der Waals surface area contributed by atoms with Gasteiger partial charge in [0.2, 0.25) is 8.32 Å². The van der Waals surface area contributed by atoms with Crippen molar-refractivity contribution in [3.8, 4) is 0 Å². The molecular weight excluding hydrogens is 449 g/mol. The van der Waals surface area contributed by atoms with E-state index in [9.17, 15) is 0 Å². The summed E-state index contributed by atoms with van der Waals surface area (Å²) in [6.07, 6.45) is 7.19. The molecule has 0 aliphatic carbocycles. The Hall–Kier alpha value is 0.488. The van der Waals surface area contributed by atoms with Gasteiger partial charge in [-0.25, -0.2) is 0 Å². The van der Waals surface area contributed by atoms with Crippen molar-refractivity contribution in [1.29, 1.82) is 0 Å². The molecule has 3 nitrogen and oxygen atoms in total. The average molecular weight is 505 g/mol. The molecule has 0 aromatic heterocycles. The molecule has 0 spiro atoms. The number of hydrogen-bond donors (Lipinski definition) is 0.